The minimum absolute atomic E-state index is 0.118. The second-order valence-electron chi connectivity index (χ2n) is 4.86. The zero-order valence-electron chi connectivity index (χ0n) is 11.9. The smallest absolute Gasteiger partial charge is 0.165 e. The van der Waals surface area contributed by atoms with E-state index in [1.165, 1.54) is 13.2 Å². The molecule has 0 saturated carbocycles. The number of hydrogen-bond donors (Lipinski definition) is 2. The summed E-state index contributed by atoms with van der Waals surface area (Å²) in [7, 11) is 1.46. The van der Waals surface area contributed by atoms with Crippen LogP contribution in [0.2, 0.25) is 0 Å². The lowest BCUT2D eigenvalue weighted by molar-refractivity contribution is 0.386. The summed E-state index contributed by atoms with van der Waals surface area (Å²) in [6, 6.07) is 8.95. The van der Waals surface area contributed by atoms with Gasteiger partial charge in [-0.15, -0.1) is 0 Å². The molecule has 0 spiro atoms. The summed E-state index contributed by atoms with van der Waals surface area (Å²) in [5.41, 5.74) is 10.1. The molecule has 0 fully saturated rings. The van der Waals surface area contributed by atoms with Crippen LogP contribution in [0.4, 0.5) is 4.39 Å². The maximum absolute atomic E-state index is 13.9. The van der Waals surface area contributed by atoms with E-state index in [-0.39, 0.29) is 17.6 Å². The molecule has 2 heterocycles. The van der Waals surface area contributed by atoms with Gasteiger partial charge in [0.25, 0.3) is 0 Å². The van der Waals surface area contributed by atoms with E-state index in [9.17, 15) is 4.39 Å². The van der Waals surface area contributed by atoms with Gasteiger partial charge in [0, 0.05) is 23.5 Å². The van der Waals surface area contributed by atoms with E-state index >= 15 is 0 Å². The Bertz CT molecular complexity index is 685. The molecule has 1 aliphatic heterocycles. The maximum Gasteiger partial charge on any atom is 0.165 e. The molecule has 5 heteroatoms. The molecule has 2 N–H and O–H groups in total. The summed E-state index contributed by atoms with van der Waals surface area (Å²) < 4.78 is 18.9. The Morgan fingerprint density at radius 1 is 1.14 bits per heavy atom. The summed E-state index contributed by atoms with van der Waals surface area (Å²) >= 11 is 0. The number of benzene rings is 1. The lowest BCUT2D eigenvalue weighted by atomic mass is 9.97. The number of methoxy groups -OCH3 is 1. The highest BCUT2D eigenvalue weighted by Crippen LogP contribution is 2.31. The van der Waals surface area contributed by atoms with Gasteiger partial charge >= 0.3 is 0 Å². The van der Waals surface area contributed by atoms with Crippen molar-refractivity contribution in [2.45, 2.75) is 13.0 Å². The molecule has 0 radical (unpaired) electrons. The molecule has 1 aromatic heterocycles. The van der Waals surface area contributed by atoms with Gasteiger partial charge in [-0.25, -0.2) is 9.82 Å². The fourth-order valence-corrected chi connectivity index (χ4v) is 2.51. The number of ether oxygens (including phenoxy) is 1. The molecule has 1 atom stereocenters. The SMILES string of the molecule is COc1ccc(C2=C(c3ccncc3)C(C)NN2)cc1F. The van der Waals surface area contributed by atoms with Crippen molar-refractivity contribution >= 4 is 11.3 Å². The van der Waals surface area contributed by atoms with Crippen LogP contribution < -0.4 is 15.6 Å². The molecule has 0 bridgehead atoms. The van der Waals surface area contributed by atoms with Gasteiger partial charge in [-0.05, 0) is 42.8 Å². The van der Waals surface area contributed by atoms with Crippen LogP contribution in [-0.2, 0) is 0 Å². The van der Waals surface area contributed by atoms with Crippen LogP contribution in [0.15, 0.2) is 42.7 Å². The number of nitrogens with one attached hydrogen (secondary N) is 2. The summed E-state index contributed by atoms with van der Waals surface area (Å²) in [6.45, 7) is 2.05. The molecular weight excluding hydrogens is 269 g/mol. The van der Waals surface area contributed by atoms with Gasteiger partial charge in [-0.2, -0.15) is 0 Å². The van der Waals surface area contributed by atoms with E-state index in [1.54, 1.807) is 18.5 Å². The van der Waals surface area contributed by atoms with E-state index < -0.39 is 0 Å². The number of hydrogen-bond acceptors (Lipinski definition) is 4. The van der Waals surface area contributed by atoms with Gasteiger partial charge in [0.2, 0.25) is 0 Å². The third kappa shape index (κ3) is 2.48. The van der Waals surface area contributed by atoms with Gasteiger partial charge in [-0.1, -0.05) is 0 Å². The van der Waals surface area contributed by atoms with Crippen molar-refractivity contribution in [2.75, 3.05) is 7.11 Å². The minimum Gasteiger partial charge on any atom is -0.494 e. The highest BCUT2D eigenvalue weighted by Gasteiger charge is 2.24. The van der Waals surface area contributed by atoms with Gasteiger partial charge in [0.1, 0.15) is 0 Å². The van der Waals surface area contributed by atoms with Gasteiger partial charge in [-0.3, -0.25) is 4.98 Å². The maximum atomic E-state index is 13.9. The van der Waals surface area contributed by atoms with Crippen LogP contribution >= 0.6 is 0 Å². The van der Waals surface area contributed by atoms with Crippen molar-refractivity contribution < 1.29 is 9.13 Å². The van der Waals surface area contributed by atoms with Crippen LogP contribution in [0.5, 0.6) is 5.75 Å². The van der Waals surface area contributed by atoms with Crippen molar-refractivity contribution in [1.29, 1.82) is 0 Å². The lowest BCUT2D eigenvalue weighted by Crippen LogP contribution is -2.29. The number of aromatic nitrogens is 1. The van der Waals surface area contributed by atoms with E-state index in [1.807, 2.05) is 18.2 Å². The van der Waals surface area contributed by atoms with Gasteiger partial charge < -0.3 is 10.2 Å². The van der Waals surface area contributed by atoms with Crippen molar-refractivity contribution in [3.63, 3.8) is 0 Å². The first-order valence-corrected chi connectivity index (χ1v) is 6.70. The Morgan fingerprint density at radius 2 is 1.90 bits per heavy atom. The monoisotopic (exact) mass is 285 g/mol. The second-order valence-corrected chi connectivity index (χ2v) is 4.86. The molecule has 1 unspecified atom stereocenters. The molecular formula is C16H16FN3O. The molecule has 0 amide bonds. The number of hydrazine groups is 1. The Morgan fingerprint density at radius 3 is 2.57 bits per heavy atom. The number of pyridine rings is 1. The average molecular weight is 285 g/mol. The fourth-order valence-electron chi connectivity index (χ4n) is 2.51. The van der Waals surface area contributed by atoms with Crippen LogP contribution in [0, 0.1) is 5.82 Å². The molecule has 1 aliphatic rings. The zero-order valence-corrected chi connectivity index (χ0v) is 11.9. The normalized spacial score (nSPS) is 17.8. The highest BCUT2D eigenvalue weighted by molar-refractivity contribution is 5.93. The second kappa shape index (κ2) is 5.54. The van der Waals surface area contributed by atoms with Gasteiger partial charge in [0.05, 0.1) is 18.8 Å². The molecule has 21 heavy (non-hydrogen) atoms. The standard InChI is InChI=1S/C16H16FN3O/c1-10-15(11-5-7-18-8-6-11)16(20-19-10)12-3-4-14(21-2)13(17)9-12/h3-10,19-20H,1-2H3. The third-order valence-corrected chi connectivity index (χ3v) is 3.55. The number of rotatable bonds is 3. The van der Waals surface area contributed by atoms with Crippen molar-refractivity contribution in [3.05, 3.63) is 59.7 Å². The van der Waals surface area contributed by atoms with Crippen LogP contribution in [0.3, 0.4) is 0 Å². The number of nitrogens with zero attached hydrogens (tertiary/aromatic N) is 1. The van der Waals surface area contributed by atoms with Crippen LogP contribution in [0.25, 0.3) is 11.3 Å². The Kier molecular flexibility index (Phi) is 3.58. The molecule has 1 aromatic carbocycles. The predicted octanol–water partition coefficient (Wildman–Crippen LogP) is 2.59. The van der Waals surface area contributed by atoms with E-state index in [0.717, 1.165) is 22.4 Å². The summed E-state index contributed by atoms with van der Waals surface area (Å²) in [5.74, 6) is -0.137. The molecule has 4 nitrogen and oxygen atoms in total. The molecule has 0 saturated heterocycles. The predicted molar refractivity (Wildman–Crippen MR) is 79.7 cm³/mol. The molecule has 0 aliphatic carbocycles. The first kappa shape index (κ1) is 13.6. The molecule has 3 rings (SSSR count). The fraction of sp³-hybridized carbons (Fsp3) is 0.188. The van der Waals surface area contributed by atoms with Crippen LogP contribution in [0.1, 0.15) is 18.1 Å². The average Bonchev–Trinajstić information content (AvgIpc) is 2.90. The zero-order chi connectivity index (χ0) is 14.8. The third-order valence-electron chi connectivity index (χ3n) is 3.55. The molecule has 108 valence electrons. The lowest BCUT2D eigenvalue weighted by Gasteiger charge is -2.10. The quantitative estimate of drug-likeness (QED) is 0.910. The van der Waals surface area contributed by atoms with Crippen molar-refractivity contribution in [3.8, 4) is 5.75 Å². The first-order chi connectivity index (χ1) is 10.2. The molecule has 2 aromatic rings. The number of halogens is 1. The highest BCUT2D eigenvalue weighted by atomic mass is 19.1. The summed E-state index contributed by atoms with van der Waals surface area (Å²) in [5, 5.41) is 0. The first-order valence-electron chi connectivity index (χ1n) is 6.70. The Hall–Kier alpha value is -2.40. The van der Waals surface area contributed by atoms with E-state index in [4.69, 9.17) is 4.74 Å². The Labute approximate surface area is 122 Å². The Balaban J connectivity index is 2.10. The van der Waals surface area contributed by atoms with Crippen molar-refractivity contribution in [1.82, 2.24) is 15.8 Å². The largest absolute Gasteiger partial charge is 0.494 e. The summed E-state index contributed by atoms with van der Waals surface area (Å²) in [6.07, 6.45) is 3.50. The minimum atomic E-state index is -0.377. The van der Waals surface area contributed by atoms with Gasteiger partial charge in [0.15, 0.2) is 11.6 Å². The van der Waals surface area contributed by atoms with E-state index in [0.29, 0.717) is 0 Å². The van der Waals surface area contributed by atoms with Crippen molar-refractivity contribution in [2.24, 2.45) is 0 Å². The topological polar surface area (TPSA) is 46.2 Å². The van der Waals surface area contributed by atoms with E-state index in [2.05, 4.69) is 22.8 Å². The van der Waals surface area contributed by atoms with Crippen LogP contribution in [-0.4, -0.2) is 18.1 Å². The summed E-state index contributed by atoms with van der Waals surface area (Å²) in [4.78, 5) is 4.04.